The zero-order valence-electron chi connectivity index (χ0n) is 19.1. The van der Waals surface area contributed by atoms with Crippen LogP contribution in [0.5, 0.6) is 5.75 Å². The zero-order chi connectivity index (χ0) is 24.9. The minimum atomic E-state index is -0.769. The number of fused-ring (bicyclic) bond motifs is 2. The Kier molecular flexibility index (Phi) is 5.49. The number of carbonyl (C=O) groups excluding carboxylic acids is 1. The van der Waals surface area contributed by atoms with Crippen molar-refractivity contribution in [2.75, 3.05) is 0 Å². The van der Waals surface area contributed by atoms with Crippen LogP contribution in [-0.4, -0.2) is 25.5 Å². The van der Waals surface area contributed by atoms with Gasteiger partial charge in [0.2, 0.25) is 0 Å². The van der Waals surface area contributed by atoms with Crippen LogP contribution in [0, 0.1) is 13.8 Å². The van der Waals surface area contributed by atoms with Crippen LogP contribution >= 0.6 is 11.6 Å². The lowest BCUT2D eigenvalue weighted by molar-refractivity contribution is 0.0988. The molecule has 0 aliphatic rings. The molecule has 176 valence electrons. The molecule has 10 heteroatoms. The van der Waals surface area contributed by atoms with Crippen LogP contribution in [0.2, 0.25) is 5.15 Å². The fourth-order valence-electron chi connectivity index (χ4n) is 4.08. The maximum absolute atomic E-state index is 13.4. The number of pyridine rings is 1. The third-order valence-electron chi connectivity index (χ3n) is 5.76. The molecular formula is C25H20ClN5O4. The Bertz CT molecular complexity index is 1690. The maximum atomic E-state index is 13.4. The van der Waals surface area contributed by atoms with Gasteiger partial charge in [0.05, 0.1) is 28.9 Å². The number of aryl methyl sites for hydroxylation is 1. The van der Waals surface area contributed by atoms with Crippen molar-refractivity contribution in [2.24, 2.45) is 5.73 Å². The van der Waals surface area contributed by atoms with Gasteiger partial charge in [0.15, 0.2) is 16.9 Å². The van der Waals surface area contributed by atoms with Crippen LogP contribution < -0.4 is 15.9 Å². The number of ether oxygens (including phenoxy) is 1. The molecule has 35 heavy (non-hydrogen) atoms. The van der Waals surface area contributed by atoms with Gasteiger partial charge in [-0.3, -0.25) is 14.6 Å². The van der Waals surface area contributed by atoms with Crippen molar-refractivity contribution in [1.29, 1.82) is 0 Å². The summed E-state index contributed by atoms with van der Waals surface area (Å²) in [6.07, 6.45) is 6.02. The van der Waals surface area contributed by atoms with E-state index in [-0.39, 0.29) is 22.0 Å². The lowest BCUT2D eigenvalue weighted by Crippen LogP contribution is -2.17. The molecule has 0 spiro atoms. The molecule has 0 saturated carbocycles. The first kappa shape index (κ1) is 22.5. The van der Waals surface area contributed by atoms with Gasteiger partial charge in [-0.2, -0.15) is 5.10 Å². The minimum absolute atomic E-state index is 0.0850. The van der Waals surface area contributed by atoms with Crippen LogP contribution in [0.15, 0.2) is 58.3 Å². The highest BCUT2D eigenvalue weighted by Gasteiger charge is 2.23. The van der Waals surface area contributed by atoms with E-state index in [0.29, 0.717) is 38.9 Å². The molecule has 1 aromatic carbocycles. The van der Waals surface area contributed by atoms with Gasteiger partial charge in [0.25, 0.3) is 5.91 Å². The van der Waals surface area contributed by atoms with Gasteiger partial charge in [-0.25, -0.2) is 9.50 Å². The zero-order valence-corrected chi connectivity index (χ0v) is 19.8. The Morgan fingerprint density at radius 2 is 2.03 bits per heavy atom. The Morgan fingerprint density at radius 1 is 1.23 bits per heavy atom. The summed E-state index contributed by atoms with van der Waals surface area (Å²) in [6, 6.07) is 6.69. The van der Waals surface area contributed by atoms with E-state index in [4.69, 9.17) is 26.5 Å². The lowest BCUT2D eigenvalue weighted by Gasteiger charge is -2.19. The molecule has 0 fully saturated rings. The number of carbonyl (C=O) groups is 1. The van der Waals surface area contributed by atoms with Gasteiger partial charge < -0.3 is 14.9 Å². The molecule has 0 aliphatic carbocycles. The summed E-state index contributed by atoms with van der Waals surface area (Å²) in [7, 11) is 0. The molecule has 4 aromatic heterocycles. The average molecular weight is 490 g/mol. The number of amides is 1. The molecule has 0 bridgehead atoms. The number of primary amides is 1. The molecule has 2 N–H and O–H groups in total. The summed E-state index contributed by atoms with van der Waals surface area (Å²) in [4.78, 5) is 33.4. The first-order chi connectivity index (χ1) is 16.7. The largest absolute Gasteiger partial charge is 0.483 e. The predicted octanol–water partition coefficient (Wildman–Crippen LogP) is 4.41. The van der Waals surface area contributed by atoms with Gasteiger partial charge in [0.1, 0.15) is 22.6 Å². The maximum Gasteiger partial charge on any atom is 0.271 e. The van der Waals surface area contributed by atoms with Crippen LogP contribution in [0.1, 0.15) is 40.2 Å². The molecule has 0 saturated heterocycles. The third-order valence-corrected chi connectivity index (χ3v) is 5.97. The van der Waals surface area contributed by atoms with Crippen molar-refractivity contribution in [3.05, 3.63) is 86.8 Å². The third kappa shape index (κ3) is 3.89. The second-order valence-electron chi connectivity index (χ2n) is 8.19. The van der Waals surface area contributed by atoms with E-state index in [1.807, 2.05) is 13.0 Å². The van der Waals surface area contributed by atoms with Crippen LogP contribution in [-0.2, 0) is 0 Å². The minimum Gasteiger partial charge on any atom is -0.483 e. The number of benzene rings is 1. The number of hydrogen-bond donors (Lipinski definition) is 1. The monoisotopic (exact) mass is 489 g/mol. The fraction of sp³-hybridized carbons (Fsp3) is 0.160. The summed E-state index contributed by atoms with van der Waals surface area (Å²) < 4.78 is 14.1. The number of nitrogens with zero attached hydrogens (tertiary/aromatic N) is 4. The fourth-order valence-corrected chi connectivity index (χ4v) is 4.23. The molecule has 5 aromatic rings. The van der Waals surface area contributed by atoms with Gasteiger partial charge in [-0.15, -0.1) is 0 Å². The van der Waals surface area contributed by atoms with Crippen molar-refractivity contribution in [3.63, 3.8) is 0 Å². The van der Waals surface area contributed by atoms with E-state index < -0.39 is 12.0 Å². The van der Waals surface area contributed by atoms with Crippen molar-refractivity contribution < 1.29 is 13.9 Å². The van der Waals surface area contributed by atoms with Crippen molar-refractivity contribution in [1.82, 2.24) is 19.6 Å². The molecule has 1 amide bonds. The summed E-state index contributed by atoms with van der Waals surface area (Å²) in [5.41, 5.74) is 8.87. The standard InChI is InChI=1S/C25H20ClN5O4/c1-12-8-15(14(3)34-19-4-5-20(26)30-21(19)25(27)33)24-16(9-12)22(32)13(2)23(35-24)17-10-29-31-7-6-28-11-18(17)31/h4-11,14H,1-3H3,(H2,27,33)/t14-/m1/s1. The van der Waals surface area contributed by atoms with Crippen molar-refractivity contribution >= 4 is 34.0 Å². The molecule has 5 rings (SSSR count). The number of aromatic nitrogens is 4. The molecule has 0 radical (unpaired) electrons. The quantitative estimate of drug-likeness (QED) is 0.362. The second-order valence-corrected chi connectivity index (χ2v) is 8.57. The molecule has 0 aliphatic heterocycles. The topological polar surface area (TPSA) is 126 Å². The van der Waals surface area contributed by atoms with E-state index >= 15 is 0 Å². The molecule has 0 unspecified atom stereocenters. The first-order valence-corrected chi connectivity index (χ1v) is 11.1. The number of halogens is 1. The lowest BCUT2D eigenvalue weighted by atomic mass is 10.00. The summed E-state index contributed by atoms with van der Waals surface area (Å²) in [5, 5.41) is 4.88. The normalized spacial score (nSPS) is 12.2. The molecule has 1 atom stereocenters. The van der Waals surface area contributed by atoms with Gasteiger partial charge >= 0.3 is 0 Å². The number of hydrogen-bond acceptors (Lipinski definition) is 7. The van der Waals surface area contributed by atoms with E-state index in [1.165, 1.54) is 12.1 Å². The molecule has 4 heterocycles. The SMILES string of the molecule is Cc1cc([C@@H](C)Oc2ccc(Cl)nc2C(N)=O)c2oc(-c3cnn4ccncc34)c(C)c(=O)c2c1. The summed E-state index contributed by atoms with van der Waals surface area (Å²) in [6.45, 7) is 5.39. The first-order valence-electron chi connectivity index (χ1n) is 10.7. The second kappa shape index (κ2) is 8.52. The Labute approximate surface area is 204 Å². The van der Waals surface area contributed by atoms with E-state index in [0.717, 1.165) is 5.56 Å². The molecular weight excluding hydrogens is 470 g/mol. The van der Waals surface area contributed by atoms with Crippen molar-refractivity contribution in [2.45, 2.75) is 26.9 Å². The van der Waals surface area contributed by atoms with E-state index in [9.17, 15) is 9.59 Å². The van der Waals surface area contributed by atoms with E-state index in [2.05, 4.69) is 15.1 Å². The van der Waals surface area contributed by atoms with Gasteiger partial charge in [-0.05, 0) is 50.6 Å². The van der Waals surface area contributed by atoms with Gasteiger partial charge in [-0.1, -0.05) is 11.6 Å². The Hall–Kier alpha value is -4.24. The molecule has 9 nitrogen and oxygen atoms in total. The van der Waals surface area contributed by atoms with Crippen LogP contribution in [0.4, 0.5) is 0 Å². The predicted molar refractivity (Wildman–Crippen MR) is 131 cm³/mol. The average Bonchev–Trinajstić information content (AvgIpc) is 3.26. The number of rotatable bonds is 5. The smallest absolute Gasteiger partial charge is 0.271 e. The Morgan fingerprint density at radius 3 is 2.80 bits per heavy atom. The number of nitrogens with two attached hydrogens (primary N) is 1. The van der Waals surface area contributed by atoms with Crippen LogP contribution in [0.3, 0.4) is 0 Å². The highest BCUT2D eigenvalue weighted by Crippen LogP contribution is 2.34. The summed E-state index contributed by atoms with van der Waals surface area (Å²) >= 11 is 5.92. The summed E-state index contributed by atoms with van der Waals surface area (Å²) in [5.74, 6) is -0.198. The van der Waals surface area contributed by atoms with E-state index in [1.54, 1.807) is 49.2 Å². The Balaban J connectivity index is 1.69. The van der Waals surface area contributed by atoms with Crippen LogP contribution in [0.25, 0.3) is 27.8 Å². The van der Waals surface area contributed by atoms with Crippen molar-refractivity contribution in [3.8, 4) is 17.1 Å². The highest BCUT2D eigenvalue weighted by atomic mass is 35.5. The van der Waals surface area contributed by atoms with Gasteiger partial charge in [0, 0.05) is 23.5 Å². The highest BCUT2D eigenvalue weighted by molar-refractivity contribution is 6.29.